The molecule has 3 aromatic rings. The largest absolute Gasteiger partial charge is 0.367 e. The predicted molar refractivity (Wildman–Crippen MR) is 63.9 cm³/mol. The molecule has 5 heteroatoms. The van der Waals surface area contributed by atoms with E-state index >= 15 is 0 Å². The van der Waals surface area contributed by atoms with Crippen molar-refractivity contribution in [1.82, 2.24) is 15.1 Å². The molecule has 0 aliphatic rings. The number of benzene rings is 1. The van der Waals surface area contributed by atoms with Crippen molar-refractivity contribution in [2.24, 2.45) is 0 Å². The summed E-state index contributed by atoms with van der Waals surface area (Å²) in [7, 11) is 0. The number of nitrogens with zero attached hydrogens (tertiary/aromatic N) is 2. The molecule has 2 aromatic heterocycles. The van der Waals surface area contributed by atoms with Crippen LogP contribution in [-0.2, 0) is 0 Å². The van der Waals surface area contributed by atoms with E-state index in [1.54, 1.807) is 18.6 Å². The Bertz CT molecular complexity index is 610. The number of imidazole rings is 1. The Morgan fingerprint density at radius 1 is 1.12 bits per heavy atom. The number of nitrogen functional groups attached to an aromatic ring is 1. The lowest BCUT2D eigenvalue weighted by molar-refractivity contribution is 0.436. The van der Waals surface area contributed by atoms with Crippen molar-refractivity contribution in [1.29, 1.82) is 0 Å². The lowest BCUT2D eigenvalue weighted by Gasteiger charge is -2.00. The number of nitrogens with two attached hydrogens (primary N) is 1. The molecule has 0 aliphatic heterocycles. The highest BCUT2D eigenvalue weighted by Crippen LogP contribution is 2.27. The molecule has 0 saturated carbocycles. The molecule has 0 fully saturated rings. The van der Waals surface area contributed by atoms with E-state index in [-0.39, 0.29) is 0 Å². The molecular formula is C12H10N4O. The molecule has 0 unspecified atom stereocenters. The zero-order valence-electron chi connectivity index (χ0n) is 8.92. The van der Waals surface area contributed by atoms with E-state index in [0.29, 0.717) is 5.88 Å². The normalized spacial score (nSPS) is 10.6. The van der Waals surface area contributed by atoms with Crippen LogP contribution in [0.25, 0.3) is 22.5 Å². The molecule has 0 aliphatic carbocycles. The fourth-order valence-electron chi connectivity index (χ4n) is 1.70. The SMILES string of the molecule is Nc1oncc1-c1ccc(-c2ncc[nH]2)cc1. The topological polar surface area (TPSA) is 80.7 Å². The van der Waals surface area contributed by atoms with Gasteiger partial charge in [-0.25, -0.2) is 4.98 Å². The average Bonchev–Trinajstić information content (AvgIpc) is 3.00. The van der Waals surface area contributed by atoms with Crippen molar-refractivity contribution in [2.75, 3.05) is 5.73 Å². The molecular weight excluding hydrogens is 216 g/mol. The molecule has 0 bridgehead atoms. The summed E-state index contributed by atoms with van der Waals surface area (Å²) in [6.45, 7) is 0. The first-order valence-corrected chi connectivity index (χ1v) is 5.15. The highest BCUT2D eigenvalue weighted by atomic mass is 16.5. The van der Waals surface area contributed by atoms with Crippen molar-refractivity contribution in [2.45, 2.75) is 0 Å². The summed E-state index contributed by atoms with van der Waals surface area (Å²) in [6, 6.07) is 7.86. The first-order valence-electron chi connectivity index (χ1n) is 5.15. The zero-order valence-corrected chi connectivity index (χ0v) is 8.92. The molecule has 3 rings (SSSR count). The number of hydrogen-bond donors (Lipinski definition) is 2. The van der Waals surface area contributed by atoms with Crippen LogP contribution in [-0.4, -0.2) is 15.1 Å². The van der Waals surface area contributed by atoms with Crippen molar-refractivity contribution in [3.63, 3.8) is 0 Å². The fourth-order valence-corrected chi connectivity index (χ4v) is 1.70. The number of nitrogens with one attached hydrogen (secondary N) is 1. The second kappa shape index (κ2) is 3.79. The maximum absolute atomic E-state index is 5.66. The van der Waals surface area contributed by atoms with E-state index in [4.69, 9.17) is 10.3 Å². The minimum Gasteiger partial charge on any atom is -0.367 e. The number of aromatic nitrogens is 3. The standard InChI is InChI=1S/C12H10N4O/c13-11-10(7-16-17-11)8-1-3-9(4-2-8)12-14-5-6-15-12/h1-7H,13H2,(H,14,15). The Labute approximate surface area is 97.3 Å². The van der Waals surface area contributed by atoms with Crippen LogP contribution < -0.4 is 5.73 Å². The summed E-state index contributed by atoms with van der Waals surface area (Å²) >= 11 is 0. The quantitative estimate of drug-likeness (QED) is 0.702. The molecule has 5 nitrogen and oxygen atoms in total. The Balaban J connectivity index is 1.99. The maximum Gasteiger partial charge on any atom is 0.229 e. The van der Waals surface area contributed by atoms with Crippen LogP contribution >= 0.6 is 0 Å². The van der Waals surface area contributed by atoms with Gasteiger partial charge in [0.25, 0.3) is 0 Å². The minimum atomic E-state index is 0.329. The summed E-state index contributed by atoms with van der Waals surface area (Å²) in [5.74, 6) is 1.17. The van der Waals surface area contributed by atoms with Crippen LogP contribution in [0.4, 0.5) is 5.88 Å². The number of anilines is 1. The summed E-state index contributed by atoms with van der Waals surface area (Å²) in [4.78, 5) is 7.24. The van der Waals surface area contributed by atoms with Crippen LogP contribution in [0.1, 0.15) is 0 Å². The molecule has 0 spiro atoms. The van der Waals surface area contributed by atoms with E-state index in [2.05, 4.69) is 15.1 Å². The highest BCUT2D eigenvalue weighted by Gasteiger charge is 2.07. The molecule has 3 N–H and O–H groups in total. The van der Waals surface area contributed by atoms with Crippen LogP contribution in [0, 0.1) is 0 Å². The molecule has 84 valence electrons. The van der Waals surface area contributed by atoms with E-state index < -0.39 is 0 Å². The molecule has 2 heterocycles. The molecule has 17 heavy (non-hydrogen) atoms. The van der Waals surface area contributed by atoms with Crippen LogP contribution in [0.15, 0.2) is 47.4 Å². The van der Waals surface area contributed by atoms with Gasteiger partial charge in [-0.05, 0) is 5.56 Å². The second-order valence-electron chi connectivity index (χ2n) is 3.62. The predicted octanol–water partition coefficient (Wildman–Crippen LogP) is 2.31. The molecule has 1 aromatic carbocycles. The lowest BCUT2D eigenvalue weighted by Crippen LogP contribution is -1.85. The zero-order chi connectivity index (χ0) is 11.7. The van der Waals surface area contributed by atoms with Gasteiger partial charge in [0.05, 0.1) is 11.8 Å². The smallest absolute Gasteiger partial charge is 0.229 e. The van der Waals surface area contributed by atoms with Gasteiger partial charge in [0, 0.05) is 18.0 Å². The fraction of sp³-hybridized carbons (Fsp3) is 0. The van der Waals surface area contributed by atoms with Crippen LogP contribution in [0.2, 0.25) is 0 Å². The Kier molecular flexibility index (Phi) is 2.15. The third-order valence-electron chi connectivity index (χ3n) is 2.57. The summed E-state index contributed by atoms with van der Waals surface area (Å²) in [5, 5.41) is 3.65. The highest BCUT2D eigenvalue weighted by molar-refractivity contribution is 5.73. The van der Waals surface area contributed by atoms with E-state index in [1.165, 1.54) is 0 Å². The minimum absolute atomic E-state index is 0.329. The van der Waals surface area contributed by atoms with E-state index in [9.17, 15) is 0 Å². The number of rotatable bonds is 2. The van der Waals surface area contributed by atoms with Gasteiger partial charge in [-0.1, -0.05) is 29.4 Å². The van der Waals surface area contributed by atoms with Gasteiger partial charge >= 0.3 is 0 Å². The first-order chi connectivity index (χ1) is 8.34. The monoisotopic (exact) mass is 226 g/mol. The molecule has 0 amide bonds. The van der Waals surface area contributed by atoms with Crippen molar-refractivity contribution in [3.05, 3.63) is 42.9 Å². The number of H-pyrrole nitrogens is 1. The number of hydrogen-bond acceptors (Lipinski definition) is 4. The average molecular weight is 226 g/mol. The molecule has 0 radical (unpaired) electrons. The van der Waals surface area contributed by atoms with Crippen LogP contribution in [0.3, 0.4) is 0 Å². The third-order valence-corrected chi connectivity index (χ3v) is 2.57. The number of aromatic amines is 1. The van der Waals surface area contributed by atoms with Gasteiger partial charge in [-0.2, -0.15) is 0 Å². The Morgan fingerprint density at radius 3 is 2.47 bits per heavy atom. The van der Waals surface area contributed by atoms with Gasteiger partial charge in [0.2, 0.25) is 5.88 Å². The van der Waals surface area contributed by atoms with Gasteiger partial charge in [0.15, 0.2) is 0 Å². The van der Waals surface area contributed by atoms with Crippen molar-refractivity contribution in [3.8, 4) is 22.5 Å². The van der Waals surface area contributed by atoms with Crippen molar-refractivity contribution < 1.29 is 4.52 Å². The summed E-state index contributed by atoms with van der Waals surface area (Å²) < 4.78 is 4.83. The molecule has 0 saturated heterocycles. The van der Waals surface area contributed by atoms with Crippen molar-refractivity contribution >= 4 is 5.88 Å². The third kappa shape index (κ3) is 1.67. The molecule has 0 atom stereocenters. The summed E-state index contributed by atoms with van der Waals surface area (Å²) in [5.41, 5.74) is 8.45. The maximum atomic E-state index is 5.66. The Hall–Kier alpha value is -2.56. The van der Waals surface area contributed by atoms with Gasteiger partial charge in [-0.3, -0.25) is 0 Å². The second-order valence-corrected chi connectivity index (χ2v) is 3.62. The van der Waals surface area contributed by atoms with Crippen LogP contribution in [0.5, 0.6) is 0 Å². The van der Waals surface area contributed by atoms with Gasteiger partial charge < -0.3 is 15.2 Å². The van der Waals surface area contributed by atoms with E-state index in [1.807, 2.05) is 24.3 Å². The Morgan fingerprint density at radius 2 is 1.88 bits per heavy atom. The van der Waals surface area contributed by atoms with Gasteiger partial charge in [-0.15, -0.1) is 0 Å². The van der Waals surface area contributed by atoms with Gasteiger partial charge in [0.1, 0.15) is 5.82 Å². The lowest BCUT2D eigenvalue weighted by atomic mass is 10.1. The summed E-state index contributed by atoms with van der Waals surface area (Å²) in [6.07, 6.45) is 5.12. The van der Waals surface area contributed by atoms with E-state index in [0.717, 1.165) is 22.5 Å². The first kappa shape index (κ1) is 9.65.